The van der Waals surface area contributed by atoms with Gasteiger partial charge in [0.1, 0.15) is 11.2 Å². The molecule has 0 aliphatic carbocycles. The topological polar surface area (TPSA) is 60.5 Å². The van der Waals surface area contributed by atoms with Gasteiger partial charge in [0.15, 0.2) is 0 Å². The molecule has 1 N–H and O–H groups in total. The first-order chi connectivity index (χ1) is 9.68. The number of nitrogens with zero attached hydrogens (tertiary/aromatic N) is 1. The van der Waals surface area contributed by atoms with E-state index in [1.807, 2.05) is 12.1 Å². The Kier molecular flexibility index (Phi) is 5.51. The summed E-state index contributed by atoms with van der Waals surface area (Å²) in [4.78, 5) is 15.7. The van der Waals surface area contributed by atoms with Gasteiger partial charge >= 0.3 is 5.97 Å². The van der Waals surface area contributed by atoms with E-state index in [2.05, 4.69) is 31.0 Å². The van der Waals surface area contributed by atoms with E-state index in [1.165, 1.54) is 7.11 Å². The van der Waals surface area contributed by atoms with Gasteiger partial charge in [-0.25, -0.2) is 9.78 Å². The first kappa shape index (κ1) is 15.4. The van der Waals surface area contributed by atoms with Gasteiger partial charge in [0, 0.05) is 11.8 Å². The second-order valence-electron chi connectivity index (χ2n) is 4.80. The van der Waals surface area contributed by atoms with E-state index in [1.54, 1.807) is 6.20 Å². The lowest BCUT2D eigenvalue weighted by Crippen LogP contribution is -2.34. The molecule has 0 amide bonds. The molecule has 1 atom stereocenters. The molecule has 1 saturated heterocycles. The summed E-state index contributed by atoms with van der Waals surface area (Å²) < 4.78 is 11.4. The number of hydrogen-bond donors (Lipinski definition) is 1. The fourth-order valence-corrected chi connectivity index (χ4v) is 3.12. The molecule has 1 unspecified atom stereocenters. The zero-order valence-corrected chi connectivity index (χ0v) is 13.1. The quantitative estimate of drug-likeness (QED) is 0.669. The summed E-state index contributed by atoms with van der Waals surface area (Å²) in [5.41, 5.74) is 0.498. The number of ether oxygens (including phenoxy) is 2. The Morgan fingerprint density at radius 1 is 1.50 bits per heavy atom. The Morgan fingerprint density at radius 2 is 2.35 bits per heavy atom. The maximum absolute atomic E-state index is 11.4. The molecule has 0 spiro atoms. The van der Waals surface area contributed by atoms with Gasteiger partial charge in [0.25, 0.3) is 0 Å². The molecule has 1 aromatic heterocycles. The molecule has 2 rings (SSSR count). The molecule has 1 aliphatic rings. The Balaban J connectivity index is 2.27. The maximum Gasteiger partial charge on any atom is 0.331 e. The minimum atomic E-state index is -0.495. The van der Waals surface area contributed by atoms with Crippen molar-refractivity contribution in [2.45, 2.75) is 24.9 Å². The zero-order valence-electron chi connectivity index (χ0n) is 11.5. The molecule has 1 aliphatic heterocycles. The molecule has 2 heterocycles. The molecule has 1 aromatic rings. The predicted octanol–water partition coefficient (Wildman–Crippen LogP) is 2.00. The standard InChI is InChI=1S/C14H19BrN2O3/c1-19-12(18)10-20-14(5-3-7-16-9-6-14)11-4-2-8-17-13(11)15/h2,4,8,16H,3,5-7,9-10H2,1H3. The van der Waals surface area contributed by atoms with E-state index in [9.17, 15) is 4.79 Å². The molecular weight excluding hydrogens is 324 g/mol. The lowest BCUT2D eigenvalue weighted by Gasteiger charge is -2.33. The number of rotatable bonds is 4. The highest BCUT2D eigenvalue weighted by atomic mass is 79.9. The smallest absolute Gasteiger partial charge is 0.331 e. The van der Waals surface area contributed by atoms with E-state index in [0.717, 1.165) is 42.5 Å². The van der Waals surface area contributed by atoms with Gasteiger partial charge in [-0.3, -0.25) is 0 Å². The second-order valence-corrected chi connectivity index (χ2v) is 5.56. The van der Waals surface area contributed by atoms with Gasteiger partial charge < -0.3 is 14.8 Å². The third-order valence-electron chi connectivity index (χ3n) is 3.58. The van der Waals surface area contributed by atoms with Crippen molar-refractivity contribution in [3.8, 4) is 0 Å². The molecule has 6 heteroatoms. The summed E-state index contributed by atoms with van der Waals surface area (Å²) in [5, 5.41) is 3.36. The van der Waals surface area contributed by atoms with Crippen LogP contribution in [0.15, 0.2) is 22.9 Å². The number of carbonyl (C=O) groups is 1. The monoisotopic (exact) mass is 342 g/mol. The van der Waals surface area contributed by atoms with Crippen LogP contribution in [-0.2, 0) is 19.9 Å². The van der Waals surface area contributed by atoms with Crippen LogP contribution in [0.5, 0.6) is 0 Å². The average molecular weight is 343 g/mol. The summed E-state index contributed by atoms with van der Waals surface area (Å²) in [7, 11) is 1.37. The molecule has 0 radical (unpaired) electrons. The number of methoxy groups -OCH3 is 1. The third-order valence-corrected chi connectivity index (χ3v) is 4.22. The second kappa shape index (κ2) is 7.15. The highest BCUT2D eigenvalue weighted by Crippen LogP contribution is 2.38. The number of esters is 1. The Morgan fingerprint density at radius 3 is 3.10 bits per heavy atom. The van der Waals surface area contributed by atoms with Crippen molar-refractivity contribution in [1.29, 1.82) is 0 Å². The van der Waals surface area contributed by atoms with Crippen LogP contribution in [0.25, 0.3) is 0 Å². The molecule has 20 heavy (non-hydrogen) atoms. The van der Waals surface area contributed by atoms with Crippen LogP contribution in [0.4, 0.5) is 0 Å². The molecule has 5 nitrogen and oxygen atoms in total. The minimum Gasteiger partial charge on any atom is -0.467 e. The Hall–Kier alpha value is -0.980. The van der Waals surface area contributed by atoms with E-state index >= 15 is 0 Å². The van der Waals surface area contributed by atoms with E-state index in [0.29, 0.717) is 0 Å². The number of carbonyl (C=O) groups excluding carboxylic acids is 1. The van der Waals surface area contributed by atoms with Crippen molar-refractivity contribution in [3.63, 3.8) is 0 Å². The first-order valence-electron chi connectivity index (χ1n) is 6.70. The SMILES string of the molecule is COC(=O)COC1(c2cccnc2Br)CCCNCC1. The van der Waals surface area contributed by atoms with Gasteiger partial charge in [-0.15, -0.1) is 0 Å². The molecule has 0 aromatic carbocycles. The van der Waals surface area contributed by atoms with Crippen LogP contribution in [0.3, 0.4) is 0 Å². The number of hydrogen-bond acceptors (Lipinski definition) is 5. The highest BCUT2D eigenvalue weighted by molar-refractivity contribution is 9.10. The number of halogens is 1. The van der Waals surface area contributed by atoms with Crippen LogP contribution < -0.4 is 5.32 Å². The van der Waals surface area contributed by atoms with Crippen molar-refractivity contribution in [2.24, 2.45) is 0 Å². The summed E-state index contributed by atoms with van der Waals surface area (Å²) in [5.74, 6) is -0.360. The van der Waals surface area contributed by atoms with E-state index in [-0.39, 0.29) is 12.6 Å². The highest BCUT2D eigenvalue weighted by Gasteiger charge is 2.36. The Labute approximate surface area is 127 Å². The third kappa shape index (κ3) is 3.56. The lowest BCUT2D eigenvalue weighted by molar-refractivity contribution is -0.155. The van der Waals surface area contributed by atoms with Crippen LogP contribution in [0.1, 0.15) is 24.8 Å². The van der Waals surface area contributed by atoms with Crippen molar-refractivity contribution in [1.82, 2.24) is 10.3 Å². The predicted molar refractivity (Wildman–Crippen MR) is 78.3 cm³/mol. The normalized spacial score (nSPS) is 23.1. The minimum absolute atomic E-state index is 0.0438. The van der Waals surface area contributed by atoms with Crippen molar-refractivity contribution >= 4 is 21.9 Å². The zero-order chi connectivity index (χ0) is 14.4. The number of nitrogens with one attached hydrogen (secondary N) is 1. The average Bonchev–Trinajstić information content (AvgIpc) is 2.71. The van der Waals surface area contributed by atoms with Gasteiger partial charge in [-0.05, 0) is 54.3 Å². The summed E-state index contributed by atoms with van der Waals surface area (Å²) in [6.45, 7) is 1.77. The van der Waals surface area contributed by atoms with Crippen LogP contribution in [0.2, 0.25) is 0 Å². The van der Waals surface area contributed by atoms with E-state index < -0.39 is 5.60 Å². The van der Waals surface area contributed by atoms with Gasteiger partial charge in [-0.1, -0.05) is 6.07 Å². The Bertz CT molecular complexity index is 459. The molecule has 0 saturated carbocycles. The largest absolute Gasteiger partial charge is 0.467 e. The number of aromatic nitrogens is 1. The van der Waals surface area contributed by atoms with E-state index in [4.69, 9.17) is 4.74 Å². The van der Waals surface area contributed by atoms with Crippen LogP contribution >= 0.6 is 15.9 Å². The van der Waals surface area contributed by atoms with Gasteiger partial charge in [0.05, 0.1) is 12.7 Å². The maximum atomic E-state index is 11.4. The molecule has 0 bridgehead atoms. The fraction of sp³-hybridized carbons (Fsp3) is 0.571. The summed E-state index contributed by atoms with van der Waals surface area (Å²) in [6.07, 6.45) is 4.37. The summed E-state index contributed by atoms with van der Waals surface area (Å²) >= 11 is 3.49. The van der Waals surface area contributed by atoms with Crippen LogP contribution in [0, 0.1) is 0 Å². The first-order valence-corrected chi connectivity index (χ1v) is 7.50. The molecular formula is C14H19BrN2O3. The van der Waals surface area contributed by atoms with Crippen molar-refractivity contribution < 1.29 is 14.3 Å². The van der Waals surface area contributed by atoms with Gasteiger partial charge in [-0.2, -0.15) is 0 Å². The van der Waals surface area contributed by atoms with Gasteiger partial charge in [0.2, 0.25) is 0 Å². The molecule has 1 fully saturated rings. The van der Waals surface area contributed by atoms with Crippen molar-refractivity contribution in [3.05, 3.63) is 28.5 Å². The lowest BCUT2D eigenvalue weighted by atomic mass is 9.87. The fourth-order valence-electron chi connectivity index (χ4n) is 2.51. The van der Waals surface area contributed by atoms with Crippen molar-refractivity contribution in [2.75, 3.05) is 26.8 Å². The summed E-state index contributed by atoms with van der Waals surface area (Å²) in [6, 6.07) is 3.89. The molecule has 110 valence electrons. The van der Waals surface area contributed by atoms with Crippen LogP contribution in [-0.4, -0.2) is 37.8 Å². The number of pyridine rings is 1.